The minimum atomic E-state index is -1.58. The molecule has 1 amide bonds. The second-order valence-electron chi connectivity index (χ2n) is 5.15. The summed E-state index contributed by atoms with van der Waals surface area (Å²) in [5, 5.41) is 9.90. The molecule has 116 valence electrons. The quantitative estimate of drug-likeness (QED) is 0.866. The topological polar surface area (TPSA) is 49.8 Å². The number of benzene rings is 1. The Kier molecular flexibility index (Phi) is 4.53. The number of ether oxygens (including phenoxy) is 1. The van der Waals surface area contributed by atoms with E-state index in [4.69, 9.17) is 4.74 Å². The van der Waals surface area contributed by atoms with Gasteiger partial charge in [-0.25, -0.2) is 13.2 Å². The molecule has 0 bridgehead atoms. The van der Waals surface area contributed by atoms with E-state index in [0.29, 0.717) is 0 Å². The summed E-state index contributed by atoms with van der Waals surface area (Å²) < 4.78 is 45.0. The fraction of sp³-hybridized carbons (Fsp3) is 0.500. The van der Waals surface area contributed by atoms with E-state index in [9.17, 15) is 23.1 Å². The summed E-state index contributed by atoms with van der Waals surface area (Å²) in [5.41, 5.74) is 0.00356. The Labute approximate surface area is 120 Å². The van der Waals surface area contributed by atoms with Crippen molar-refractivity contribution in [3.8, 4) is 0 Å². The Bertz CT molecular complexity index is 527. The van der Waals surface area contributed by atoms with E-state index in [1.54, 1.807) is 6.92 Å². The molecule has 1 fully saturated rings. The average Bonchev–Trinajstić information content (AvgIpc) is 2.39. The SMILES string of the molecule is CC1CN([C@H](c2cc(F)c(F)c(F)c2)[C@@H](C)O)C(=O)CO1. The number of aliphatic hydroxyl groups excluding tert-OH is 1. The summed E-state index contributed by atoms with van der Waals surface area (Å²) >= 11 is 0. The smallest absolute Gasteiger partial charge is 0.249 e. The van der Waals surface area contributed by atoms with Crippen molar-refractivity contribution in [2.24, 2.45) is 0 Å². The van der Waals surface area contributed by atoms with Crippen LogP contribution in [0.15, 0.2) is 12.1 Å². The molecule has 1 unspecified atom stereocenters. The lowest BCUT2D eigenvalue weighted by molar-refractivity contribution is -0.154. The van der Waals surface area contributed by atoms with Crippen molar-refractivity contribution in [2.45, 2.75) is 32.1 Å². The first-order valence-corrected chi connectivity index (χ1v) is 6.54. The molecule has 1 heterocycles. The van der Waals surface area contributed by atoms with Crippen LogP contribution in [-0.4, -0.2) is 41.3 Å². The predicted molar refractivity (Wildman–Crippen MR) is 67.9 cm³/mol. The van der Waals surface area contributed by atoms with Crippen LogP contribution in [0.5, 0.6) is 0 Å². The highest BCUT2D eigenvalue weighted by Gasteiger charge is 2.34. The number of aliphatic hydroxyl groups is 1. The van der Waals surface area contributed by atoms with E-state index >= 15 is 0 Å². The fourth-order valence-electron chi connectivity index (χ4n) is 2.46. The van der Waals surface area contributed by atoms with Gasteiger partial charge in [-0.1, -0.05) is 0 Å². The van der Waals surface area contributed by atoms with Gasteiger partial charge < -0.3 is 14.7 Å². The summed E-state index contributed by atoms with van der Waals surface area (Å²) in [6.07, 6.45) is -1.34. The van der Waals surface area contributed by atoms with Crippen LogP contribution in [0.1, 0.15) is 25.5 Å². The molecule has 21 heavy (non-hydrogen) atoms. The number of carbonyl (C=O) groups excluding carboxylic acids is 1. The molecule has 1 aliphatic heterocycles. The van der Waals surface area contributed by atoms with Gasteiger partial charge in [-0.2, -0.15) is 0 Å². The van der Waals surface area contributed by atoms with Gasteiger partial charge in [0.15, 0.2) is 17.5 Å². The number of hydrogen-bond acceptors (Lipinski definition) is 3. The average molecular weight is 303 g/mol. The molecule has 0 aromatic heterocycles. The highest BCUT2D eigenvalue weighted by atomic mass is 19.2. The summed E-state index contributed by atoms with van der Waals surface area (Å²) in [5.74, 6) is -4.69. The van der Waals surface area contributed by atoms with Crippen molar-refractivity contribution in [3.05, 3.63) is 35.1 Å². The third-order valence-corrected chi connectivity index (χ3v) is 3.41. The normalized spacial score (nSPS) is 22.3. The lowest BCUT2D eigenvalue weighted by Crippen LogP contribution is -2.49. The minimum absolute atomic E-state index is 0.00356. The number of carbonyl (C=O) groups is 1. The standard InChI is InChI=1S/C14H16F3NO3/c1-7-5-18(12(20)6-21-7)14(8(2)19)9-3-10(15)13(17)11(16)4-9/h3-4,7-8,14,19H,5-6H2,1-2H3/t7?,8-,14+/m1/s1. The highest BCUT2D eigenvalue weighted by Crippen LogP contribution is 2.29. The van der Waals surface area contributed by atoms with Gasteiger partial charge in [-0.15, -0.1) is 0 Å². The first-order chi connectivity index (χ1) is 9.81. The first kappa shape index (κ1) is 15.8. The van der Waals surface area contributed by atoms with E-state index in [2.05, 4.69) is 0 Å². The molecule has 1 aliphatic rings. The van der Waals surface area contributed by atoms with Crippen LogP contribution in [0.3, 0.4) is 0 Å². The molecule has 7 heteroatoms. The van der Waals surface area contributed by atoms with Crippen molar-refractivity contribution in [3.63, 3.8) is 0 Å². The molecule has 1 aromatic rings. The van der Waals surface area contributed by atoms with Crippen molar-refractivity contribution in [1.82, 2.24) is 4.90 Å². The molecule has 1 N–H and O–H groups in total. The zero-order valence-corrected chi connectivity index (χ0v) is 11.6. The Morgan fingerprint density at radius 1 is 1.33 bits per heavy atom. The summed E-state index contributed by atoms with van der Waals surface area (Å²) in [6, 6.07) is 0.625. The van der Waals surface area contributed by atoms with E-state index in [1.165, 1.54) is 11.8 Å². The fourth-order valence-corrected chi connectivity index (χ4v) is 2.46. The van der Waals surface area contributed by atoms with Gasteiger partial charge in [0.05, 0.1) is 18.2 Å². The van der Waals surface area contributed by atoms with Crippen molar-refractivity contribution >= 4 is 5.91 Å². The Hall–Kier alpha value is -1.60. The number of nitrogens with zero attached hydrogens (tertiary/aromatic N) is 1. The Morgan fingerprint density at radius 2 is 1.90 bits per heavy atom. The van der Waals surface area contributed by atoms with Gasteiger partial charge in [-0.3, -0.25) is 4.79 Å². The molecule has 4 nitrogen and oxygen atoms in total. The molecule has 3 atom stereocenters. The van der Waals surface area contributed by atoms with Crippen molar-refractivity contribution in [1.29, 1.82) is 0 Å². The molecule has 0 spiro atoms. The number of morpholine rings is 1. The monoisotopic (exact) mass is 303 g/mol. The minimum Gasteiger partial charge on any atom is -0.391 e. The number of rotatable bonds is 3. The summed E-state index contributed by atoms with van der Waals surface area (Å²) in [7, 11) is 0. The van der Waals surface area contributed by atoms with Crippen LogP contribution in [0.25, 0.3) is 0 Å². The van der Waals surface area contributed by atoms with Crippen LogP contribution in [0, 0.1) is 17.5 Å². The van der Waals surface area contributed by atoms with Gasteiger partial charge in [0.2, 0.25) is 5.91 Å². The van der Waals surface area contributed by atoms with Crippen LogP contribution in [0.2, 0.25) is 0 Å². The third-order valence-electron chi connectivity index (χ3n) is 3.41. The molecule has 0 aliphatic carbocycles. The van der Waals surface area contributed by atoms with Crippen LogP contribution in [0.4, 0.5) is 13.2 Å². The summed E-state index contributed by atoms with van der Waals surface area (Å²) in [4.78, 5) is 13.2. The lowest BCUT2D eigenvalue weighted by Gasteiger charge is -2.38. The molecule has 2 rings (SSSR count). The largest absolute Gasteiger partial charge is 0.391 e. The summed E-state index contributed by atoms with van der Waals surface area (Å²) in [6.45, 7) is 3.15. The van der Waals surface area contributed by atoms with Crippen molar-refractivity contribution < 1.29 is 27.8 Å². The van der Waals surface area contributed by atoms with Gasteiger partial charge in [-0.05, 0) is 31.5 Å². The number of halogens is 3. The van der Waals surface area contributed by atoms with Gasteiger partial charge in [0.1, 0.15) is 6.61 Å². The molecular formula is C14H16F3NO3. The maximum Gasteiger partial charge on any atom is 0.249 e. The van der Waals surface area contributed by atoms with E-state index in [1.807, 2.05) is 0 Å². The maximum atomic E-state index is 13.4. The van der Waals surface area contributed by atoms with Gasteiger partial charge in [0.25, 0.3) is 0 Å². The van der Waals surface area contributed by atoms with E-state index in [0.717, 1.165) is 12.1 Å². The molecule has 1 aromatic carbocycles. The predicted octanol–water partition coefficient (Wildman–Crippen LogP) is 1.77. The Balaban J connectivity index is 2.41. The van der Waals surface area contributed by atoms with Gasteiger partial charge >= 0.3 is 0 Å². The van der Waals surface area contributed by atoms with Crippen LogP contribution in [-0.2, 0) is 9.53 Å². The first-order valence-electron chi connectivity index (χ1n) is 6.54. The second-order valence-corrected chi connectivity index (χ2v) is 5.15. The molecule has 1 saturated heterocycles. The van der Waals surface area contributed by atoms with Crippen molar-refractivity contribution in [2.75, 3.05) is 13.2 Å². The van der Waals surface area contributed by atoms with Crippen LogP contribution < -0.4 is 0 Å². The maximum absolute atomic E-state index is 13.4. The molecular weight excluding hydrogens is 287 g/mol. The lowest BCUT2D eigenvalue weighted by atomic mass is 9.99. The highest BCUT2D eigenvalue weighted by molar-refractivity contribution is 5.78. The Morgan fingerprint density at radius 3 is 2.43 bits per heavy atom. The zero-order valence-electron chi connectivity index (χ0n) is 11.6. The molecule has 0 saturated carbocycles. The zero-order chi connectivity index (χ0) is 15.7. The van der Waals surface area contributed by atoms with Crippen LogP contribution >= 0.6 is 0 Å². The van der Waals surface area contributed by atoms with Gasteiger partial charge in [0, 0.05) is 6.54 Å². The third kappa shape index (κ3) is 3.19. The second kappa shape index (κ2) is 6.03. The van der Waals surface area contributed by atoms with E-state index < -0.39 is 35.5 Å². The number of hydrogen-bond donors (Lipinski definition) is 1. The van der Waals surface area contributed by atoms with E-state index in [-0.39, 0.29) is 24.8 Å². The number of amides is 1. The molecule has 0 radical (unpaired) electrons.